The minimum atomic E-state index is -2.41. The first-order valence-corrected chi connectivity index (χ1v) is 16.3. The number of rotatable bonds is 14. The van der Waals surface area contributed by atoms with E-state index in [1.165, 1.54) is 25.9 Å². The molecule has 2 unspecified atom stereocenters. The summed E-state index contributed by atoms with van der Waals surface area (Å²) in [6, 6.07) is 13.9. The number of amides is 4. The Morgan fingerprint density at radius 2 is 1.27 bits per heavy atom. The van der Waals surface area contributed by atoms with Crippen molar-refractivity contribution in [1.82, 2.24) is 20.9 Å². The van der Waals surface area contributed by atoms with Gasteiger partial charge < -0.3 is 30.3 Å². The standard InChI is InChI=1S/C33H47N4O7P/c1-22(45(42)31(43-23-16-12-10-13-17-23)44-24-18-14-11-15-19-24)34-29(40)25(20-27(39)37(8)9)35-30(41)28(33(5,6)7)36-26(38)21-32(2,3)4/h10-19,22,25,28,31H,20-21H2,1-9H3,(H2-,34,35,36,38,40,41)/p+1/t22?,25-,28+/m0/s1. The molecule has 0 bridgehead atoms. The minimum absolute atomic E-state index is 0.192. The van der Waals surface area contributed by atoms with Crippen LogP contribution in [-0.2, 0) is 23.7 Å². The molecule has 3 N–H and O–H groups in total. The Hall–Kier alpha value is -3.98. The van der Waals surface area contributed by atoms with Gasteiger partial charge in [-0.1, -0.05) is 82.5 Å². The second-order valence-corrected chi connectivity index (χ2v) is 15.3. The largest absolute Gasteiger partial charge is 0.453 e. The molecule has 0 aliphatic carbocycles. The zero-order valence-corrected chi connectivity index (χ0v) is 28.6. The maximum absolute atomic E-state index is 13.7. The summed E-state index contributed by atoms with van der Waals surface area (Å²) >= 11 is 0. The van der Waals surface area contributed by atoms with Crippen LogP contribution in [0.3, 0.4) is 0 Å². The van der Waals surface area contributed by atoms with E-state index in [0.29, 0.717) is 11.5 Å². The van der Waals surface area contributed by atoms with Crippen LogP contribution in [0.1, 0.15) is 61.3 Å². The van der Waals surface area contributed by atoms with Crippen molar-refractivity contribution in [3.63, 3.8) is 0 Å². The Morgan fingerprint density at radius 1 is 0.778 bits per heavy atom. The molecule has 0 spiro atoms. The summed E-state index contributed by atoms with van der Waals surface area (Å²) in [5, 5.41) is 8.13. The van der Waals surface area contributed by atoms with Gasteiger partial charge in [0.05, 0.1) is 6.42 Å². The zero-order valence-electron chi connectivity index (χ0n) is 27.7. The Kier molecular flexibility index (Phi) is 13.5. The van der Waals surface area contributed by atoms with Crippen LogP contribution < -0.4 is 25.4 Å². The monoisotopic (exact) mass is 643 g/mol. The quantitative estimate of drug-likeness (QED) is 0.201. The summed E-state index contributed by atoms with van der Waals surface area (Å²) < 4.78 is 25.5. The van der Waals surface area contributed by atoms with Crippen molar-refractivity contribution in [1.29, 1.82) is 0 Å². The lowest BCUT2D eigenvalue weighted by Gasteiger charge is -2.32. The van der Waals surface area contributed by atoms with E-state index in [1.807, 2.05) is 32.9 Å². The summed E-state index contributed by atoms with van der Waals surface area (Å²) in [7, 11) is 0.664. The van der Waals surface area contributed by atoms with E-state index >= 15 is 0 Å². The molecule has 0 radical (unpaired) electrons. The molecule has 4 amide bonds. The van der Waals surface area contributed by atoms with Gasteiger partial charge in [-0.25, -0.2) is 0 Å². The first-order chi connectivity index (χ1) is 20.9. The molecule has 2 rings (SSSR count). The van der Waals surface area contributed by atoms with Gasteiger partial charge in [0.25, 0.3) is 0 Å². The van der Waals surface area contributed by atoms with Crippen molar-refractivity contribution in [3.8, 4) is 11.5 Å². The SMILES string of the molecule is CC(NC(=O)[C@H](CC(=O)N(C)C)NC(=O)[C@@H](NC(=O)CC(C)(C)C)C(C)(C)C)[P+](=O)C(Oc1ccccc1)Oc1ccccc1. The molecule has 2 aromatic carbocycles. The molecule has 4 atom stereocenters. The van der Waals surface area contributed by atoms with Gasteiger partial charge in [-0.15, -0.1) is 0 Å². The fourth-order valence-corrected chi connectivity index (χ4v) is 5.17. The van der Waals surface area contributed by atoms with Gasteiger partial charge in [-0.2, -0.15) is 0 Å². The number of carbonyl (C=O) groups is 4. The molecule has 0 saturated heterocycles. The van der Waals surface area contributed by atoms with Gasteiger partial charge in [-0.3, -0.25) is 19.2 Å². The van der Waals surface area contributed by atoms with E-state index in [0.717, 1.165) is 0 Å². The van der Waals surface area contributed by atoms with Crippen molar-refractivity contribution in [3.05, 3.63) is 60.7 Å². The van der Waals surface area contributed by atoms with E-state index in [9.17, 15) is 23.7 Å². The fourth-order valence-electron chi connectivity index (χ4n) is 4.10. The second kappa shape index (κ2) is 16.4. The number of ether oxygens (including phenoxy) is 2. The summed E-state index contributed by atoms with van der Waals surface area (Å²) in [6.07, 6.45) is -0.164. The molecule has 0 heterocycles. The molecular formula is C33H48N4O7P+. The van der Waals surface area contributed by atoms with E-state index in [2.05, 4.69) is 16.0 Å². The number of nitrogens with zero attached hydrogens (tertiary/aromatic N) is 1. The molecule has 45 heavy (non-hydrogen) atoms. The normalized spacial score (nSPS) is 14.0. The lowest BCUT2D eigenvalue weighted by Crippen LogP contribution is -2.59. The van der Waals surface area contributed by atoms with Gasteiger partial charge in [0, 0.05) is 27.4 Å². The van der Waals surface area contributed by atoms with Crippen molar-refractivity contribution in [2.45, 2.75) is 85.2 Å². The smallest absolute Gasteiger partial charge is 0.417 e. The molecule has 0 fully saturated rings. The van der Waals surface area contributed by atoms with Crippen LogP contribution in [0.5, 0.6) is 11.5 Å². The van der Waals surface area contributed by atoms with Gasteiger partial charge in [-0.05, 0) is 35.1 Å². The van der Waals surface area contributed by atoms with Gasteiger partial charge in [0.2, 0.25) is 29.4 Å². The predicted molar refractivity (Wildman–Crippen MR) is 174 cm³/mol. The Bertz CT molecular complexity index is 1270. The molecule has 0 aliphatic rings. The number of carbonyl (C=O) groups excluding carboxylic acids is 4. The predicted octanol–water partition coefficient (Wildman–Crippen LogP) is 4.65. The first-order valence-electron chi connectivity index (χ1n) is 14.9. The molecule has 0 saturated carbocycles. The van der Waals surface area contributed by atoms with Crippen molar-refractivity contribution >= 4 is 31.4 Å². The van der Waals surface area contributed by atoms with E-state index in [1.54, 1.807) is 69.3 Å². The molecule has 0 aliphatic heterocycles. The molecular weight excluding hydrogens is 595 g/mol. The third-order valence-electron chi connectivity index (χ3n) is 6.54. The Balaban J connectivity index is 2.27. The zero-order chi connectivity index (χ0) is 33.9. The van der Waals surface area contributed by atoms with Crippen LogP contribution >= 0.6 is 7.80 Å². The topological polar surface area (TPSA) is 143 Å². The first kappa shape index (κ1) is 37.2. The average molecular weight is 644 g/mol. The third kappa shape index (κ3) is 12.9. The van der Waals surface area contributed by atoms with Crippen molar-refractivity contribution < 1.29 is 33.2 Å². The number of nitrogens with one attached hydrogen (secondary N) is 3. The highest BCUT2D eigenvalue weighted by Crippen LogP contribution is 2.36. The summed E-state index contributed by atoms with van der Waals surface area (Å²) in [5.74, 6) is -2.20. The highest BCUT2D eigenvalue weighted by Gasteiger charge is 2.43. The minimum Gasteiger partial charge on any atom is -0.417 e. The Labute approximate surface area is 267 Å². The molecule has 0 aromatic heterocycles. The van der Waals surface area contributed by atoms with E-state index < -0.39 is 54.8 Å². The van der Waals surface area contributed by atoms with Gasteiger partial charge in [0.15, 0.2) is 0 Å². The third-order valence-corrected chi connectivity index (χ3v) is 8.05. The van der Waals surface area contributed by atoms with Crippen molar-refractivity contribution in [2.75, 3.05) is 14.1 Å². The maximum Gasteiger partial charge on any atom is 0.453 e. The number of hydrogen-bond donors (Lipinski definition) is 3. The van der Waals surface area contributed by atoms with E-state index in [-0.39, 0.29) is 24.2 Å². The lowest BCUT2D eigenvalue weighted by atomic mass is 9.85. The van der Waals surface area contributed by atoms with Crippen molar-refractivity contribution in [2.24, 2.45) is 10.8 Å². The lowest BCUT2D eigenvalue weighted by molar-refractivity contribution is -0.137. The number of benzene rings is 2. The second-order valence-electron chi connectivity index (χ2n) is 13.4. The number of para-hydroxylation sites is 2. The van der Waals surface area contributed by atoms with Crippen LogP contribution in [0.25, 0.3) is 0 Å². The summed E-state index contributed by atoms with van der Waals surface area (Å²) in [5.41, 5.74) is -1.01. The van der Waals surface area contributed by atoms with Gasteiger partial charge in [0.1, 0.15) is 23.6 Å². The van der Waals surface area contributed by atoms with Crippen LogP contribution in [0.15, 0.2) is 60.7 Å². The van der Waals surface area contributed by atoms with Crippen LogP contribution in [0, 0.1) is 10.8 Å². The number of hydrogen-bond acceptors (Lipinski definition) is 7. The highest BCUT2D eigenvalue weighted by atomic mass is 31.1. The highest BCUT2D eigenvalue weighted by molar-refractivity contribution is 7.45. The van der Waals surface area contributed by atoms with Crippen LogP contribution in [0.4, 0.5) is 0 Å². The van der Waals surface area contributed by atoms with Crippen LogP contribution in [0.2, 0.25) is 0 Å². The average Bonchev–Trinajstić information content (AvgIpc) is 2.94. The maximum atomic E-state index is 13.7. The molecule has 2 aromatic rings. The fraction of sp³-hybridized carbons (Fsp3) is 0.515. The Morgan fingerprint density at radius 3 is 1.69 bits per heavy atom. The summed E-state index contributed by atoms with van der Waals surface area (Å²) in [6.45, 7) is 12.7. The van der Waals surface area contributed by atoms with Gasteiger partial charge >= 0.3 is 13.8 Å². The molecule has 12 heteroatoms. The van der Waals surface area contributed by atoms with E-state index in [4.69, 9.17) is 9.47 Å². The molecule has 11 nitrogen and oxygen atoms in total. The van der Waals surface area contributed by atoms with Crippen LogP contribution in [-0.4, -0.2) is 66.5 Å². The summed E-state index contributed by atoms with van der Waals surface area (Å²) in [4.78, 5) is 53.9. The molecule has 246 valence electrons.